The van der Waals surface area contributed by atoms with Gasteiger partial charge in [0.1, 0.15) is 5.82 Å². The van der Waals surface area contributed by atoms with Crippen LogP contribution in [0.1, 0.15) is 26.3 Å². The summed E-state index contributed by atoms with van der Waals surface area (Å²) >= 11 is 0. The quantitative estimate of drug-likeness (QED) is 0.128. The molecule has 2 aliphatic heterocycles. The maximum atomic E-state index is 6.72. The van der Waals surface area contributed by atoms with E-state index in [0.29, 0.717) is 11.5 Å². The standard InChI is InChI=1S/C47H36BN4O.Pt/c1-47(2,3)31-24-33(51-30-50(4)43-20-12-13-21-44(43)51)26-35(25-31)53-34-22-23-38-37-17-9-11-19-42(37)52(45(38)27-34)46-28-41-39(29-49-46)36-16-8-10-18-40(36)48(41)32-14-6-5-7-15-32;/h5-25,28-30H,1-4H3;/q-3;. The average molecular weight is 879 g/mol. The monoisotopic (exact) mass is 878 g/mol. The van der Waals surface area contributed by atoms with Crippen LogP contribution >= 0.6 is 0 Å². The molecule has 0 saturated carbocycles. The first-order chi connectivity index (χ1) is 25.8. The fourth-order valence-corrected chi connectivity index (χ4v) is 8.10. The first-order valence-electron chi connectivity index (χ1n) is 18.1. The second kappa shape index (κ2) is 13.1. The third-order valence-electron chi connectivity index (χ3n) is 10.7. The summed E-state index contributed by atoms with van der Waals surface area (Å²) < 4.78 is 8.95. The van der Waals surface area contributed by atoms with Crippen molar-refractivity contribution in [2.24, 2.45) is 0 Å². The van der Waals surface area contributed by atoms with Gasteiger partial charge in [-0.2, -0.15) is 12.7 Å². The molecule has 8 aromatic rings. The number of para-hydroxylation sites is 3. The molecule has 0 radical (unpaired) electrons. The van der Waals surface area contributed by atoms with Crippen molar-refractivity contribution in [1.29, 1.82) is 0 Å². The van der Waals surface area contributed by atoms with E-state index in [0.717, 1.165) is 50.2 Å². The van der Waals surface area contributed by atoms with Crippen molar-refractivity contribution >= 4 is 62.0 Å². The Kier molecular flexibility index (Phi) is 8.28. The van der Waals surface area contributed by atoms with Gasteiger partial charge in [0.25, 0.3) is 0 Å². The van der Waals surface area contributed by atoms with E-state index < -0.39 is 0 Å². The SMILES string of the molecule is CN1[CH-]N(c2[c-]c(Oc3[c-]c4c(cc3)c3ccccc3n4-c3cc4c(cn3)-c3ccccc3B4c3ccccc3)cc(C(C)(C)C)c2)c2ccccc21.[Pt]. The molecule has 0 atom stereocenters. The average Bonchev–Trinajstić information content (AvgIpc) is 3.81. The summed E-state index contributed by atoms with van der Waals surface area (Å²) in [6, 6.07) is 54.5. The molecule has 2 aliphatic rings. The molecule has 0 saturated heterocycles. The van der Waals surface area contributed by atoms with Crippen LogP contribution in [0.2, 0.25) is 0 Å². The van der Waals surface area contributed by atoms with E-state index in [2.05, 4.69) is 188 Å². The second-order valence-corrected chi connectivity index (χ2v) is 15.1. The van der Waals surface area contributed by atoms with Crippen molar-refractivity contribution in [2.75, 3.05) is 16.8 Å². The minimum atomic E-state index is -0.107. The molecule has 0 spiro atoms. The van der Waals surface area contributed by atoms with Crippen molar-refractivity contribution in [2.45, 2.75) is 26.2 Å². The summed E-state index contributed by atoms with van der Waals surface area (Å²) in [6.07, 6.45) is 2.05. The van der Waals surface area contributed by atoms with Crippen LogP contribution < -0.4 is 30.9 Å². The summed E-state index contributed by atoms with van der Waals surface area (Å²) in [4.78, 5) is 9.46. The predicted octanol–water partition coefficient (Wildman–Crippen LogP) is 9.07. The molecule has 0 aliphatic carbocycles. The number of pyridine rings is 1. The van der Waals surface area contributed by atoms with Gasteiger partial charge >= 0.3 is 0 Å². The Morgan fingerprint density at radius 2 is 1.43 bits per heavy atom. The van der Waals surface area contributed by atoms with Crippen molar-refractivity contribution < 1.29 is 25.8 Å². The predicted molar refractivity (Wildman–Crippen MR) is 219 cm³/mol. The summed E-state index contributed by atoms with van der Waals surface area (Å²) in [6.45, 7) is 8.91. The summed E-state index contributed by atoms with van der Waals surface area (Å²) in [5.41, 5.74) is 12.5. The second-order valence-electron chi connectivity index (χ2n) is 15.1. The molecule has 0 N–H and O–H groups in total. The van der Waals surface area contributed by atoms with Gasteiger partial charge in [-0.25, -0.2) is 4.98 Å². The zero-order valence-corrected chi connectivity index (χ0v) is 32.7. The first-order valence-corrected chi connectivity index (χ1v) is 18.1. The Bertz CT molecular complexity index is 2720. The fraction of sp³-hybridized carbons (Fsp3) is 0.106. The van der Waals surface area contributed by atoms with Crippen LogP contribution in [0.3, 0.4) is 0 Å². The third kappa shape index (κ3) is 5.55. The van der Waals surface area contributed by atoms with Gasteiger partial charge in [-0.3, -0.25) is 0 Å². The Morgan fingerprint density at radius 1 is 0.685 bits per heavy atom. The number of fused-ring (bicyclic) bond motifs is 7. The van der Waals surface area contributed by atoms with Gasteiger partial charge < -0.3 is 19.1 Å². The molecule has 7 heteroatoms. The summed E-state index contributed by atoms with van der Waals surface area (Å²) in [7, 11) is 2.07. The van der Waals surface area contributed by atoms with Crippen molar-refractivity contribution in [3.63, 3.8) is 0 Å². The smallest absolute Gasteiger partial charge is 0.243 e. The number of rotatable bonds is 5. The zero-order valence-electron chi connectivity index (χ0n) is 30.4. The van der Waals surface area contributed by atoms with Gasteiger partial charge in [0, 0.05) is 55.7 Å². The number of benzene rings is 6. The van der Waals surface area contributed by atoms with E-state index in [9.17, 15) is 0 Å². The van der Waals surface area contributed by atoms with Crippen LogP contribution in [0.5, 0.6) is 11.5 Å². The van der Waals surface area contributed by atoms with E-state index in [1.54, 1.807) is 0 Å². The van der Waals surface area contributed by atoms with Gasteiger partial charge in [-0.05, 0) is 53.2 Å². The number of nitrogens with zero attached hydrogens (tertiary/aromatic N) is 4. The Hall–Kier alpha value is -5.58. The summed E-state index contributed by atoms with van der Waals surface area (Å²) in [5.74, 6) is 2.12. The van der Waals surface area contributed by atoms with E-state index in [-0.39, 0.29) is 33.2 Å². The van der Waals surface area contributed by atoms with Gasteiger partial charge in [0.2, 0.25) is 6.71 Å². The van der Waals surface area contributed by atoms with Gasteiger partial charge in [-0.1, -0.05) is 128 Å². The van der Waals surface area contributed by atoms with E-state index in [1.807, 2.05) is 12.3 Å². The molecule has 10 rings (SSSR count). The molecule has 0 fully saturated rings. The van der Waals surface area contributed by atoms with E-state index in [1.165, 1.54) is 27.5 Å². The minimum absolute atomic E-state index is 0. The molecule has 4 heterocycles. The molecule has 266 valence electrons. The molecule has 0 amide bonds. The van der Waals surface area contributed by atoms with Gasteiger partial charge in [0.05, 0.1) is 0 Å². The van der Waals surface area contributed by atoms with Crippen LogP contribution in [0.25, 0.3) is 38.8 Å². The number of hydrogen-bond acceptors (Lipinski definition) is 4. The van der Waals surface area contributed by atoms with Crippen molar-refractivity contribution in [3.8, 4) is 28.4 Å². The Balaban J connectivity index is 0.00000384. The van der Waals surface area contributed by atoms with Crippen LogP contribution in [-0.2, 0) is 26.5 Å². The van der Waals surface area contributed by atoms with Crippen LogP contribution in [0.4, 0.5) is 17.1 Å². The largest absolute Gasteiger partial charge is 0.509 e. The first kappa shape index (κ1) is 34.2. The maximum Gasteiger partial charge on any atom is 0.243 e. The van der Waals surface area contributed by atoms with Crippen LogP contribution in [0.15, 0.2) is 140 Å². The van der Waals surface area contributed by atoms with Crippen molar-refractivity contribution in [1.82, 2.24) is 9.55 Å². The molecular weight excluding hydrogens is 842 g/mol. The van der Waals surface area contributed by atoms with E-state index in [4.69, 9.17) is 9.72 Å². The molecule has 54 heavy (non-hydrogen) atoms. The summed E-state index contributed by atoms with van der Waals surface area (Å²) in [5, 5.41) is 2.24. The molecule has 0 bridgehead atoms. The van der Waals surface area contributed by atoms with Crippen LogP contribution in [0, 0.1) is 18.8 Å². The Labute approximate surface area is 331 Å². The van der Waals surface area contributed by atoms with E-state index >= 15 is 0 Å². The molecule has 2 aromatic heterocycles. The Morgan fingerprint density at radius 3 is 2.26 bits per heavy atom. The van der Waals surface area contributed by atoms with Crippen molar-refractivity contribution in [3.05, 3.63) is 164 Å². The minimum Gasteiger partial charge on any atom is -0.509 e. The maximum absolute atomic E-state index is 6.72. The number of anilines is 3. The third-order valence-corrected chi connectivity index (χ3v) is 10.7. The normalized spacial score (nSPS) is 13.2. The molecule has 6 aromatic carbocycles. The van der Waals surface area contributed by atoms with Gasteiger partial charge in [0.15, 0.2) is 0 Å². The number of hydrogen-bond donors (Lipinski definition) is 0. The number of aromatic nitrogens is 2. The topological polar surface area (TPSA) is 33.5 Å². The van der Waals surface area contributed by atoms with Gasteiger partial charge in [-0.15, -0.1) is 47.0 Å². The fourth-order valence-electron chi connectivity index (χ4n) is 8.10. The molecular formula is C47H36BN4OPt-3. The molecule has 5 nitrogen and oxygen atoms in total. The zero-order chi connectivity index (χ0) is 35.8. The van der Waals surface area contributed by atoms with Crippen LogP contribution in [-0.4, -0.2) is 23.3 Å². The molecule has 0 unspecified atom stereocenters. The number of ether oxygens (including phenoxy) is 1.